The van der Waals surface area contributed by atoms with Gasteiger partial charge in [-0.3, -0.25) is 9.97 Å². The molecule has 0 fully saturated rings. The van der Waals surface area contributed by atoms with Gasteiger partial charge in [-0.15, -0.1) is 0 Å². The van der Waals surface area contributed by atoms with Gasteiger partial charge in [0.05, 0.1) is 5.56 Å². The van der Waals surface area contributed by atoms with Gasteiger partial charge in [-0.05, 0) is 17.7 Å². The summed E-state index contributed by atoms with van der Waals surface area (Å²) in [6, 6.07) is 2.53. The van der Waals surface area contributed by atoms with E-state index in [4.69, 9.17) is 5.73 Å². The van der Waals surface area contributed by atoms with Gasteiger partial charge in [0.25, 0.3) is 0 Å². The van der Waals surface area contributed by atoms with Crippen LogP contribution in [-0.4, -0.2) is 9.97 Å². The van der Waals surface area contributed by atoms with Gasteiger partial charge in [-0.2, -0.15) is 13.2 Å². The molecule has 3 nitrogen and oxygen atoms in total. The summed E-state index contributed by atoms with van der Waals surface area (Å²) in [6.07, 6.45) is 0.766. The summed E-state index contributed by atoms with van der Waals surface area (Å²) >= 11 is 0. The summed E-state index contributed by atoms with van der Waals surface area (Å²) < 4.78 is 38.5. The van der Waals surface area contributed by atoms with Crippen LogP contribution in [0, 0.1) is 0 Å². The molecule has 2 aromatic rings. The van der Waals surface area contributed by atoms with Gasteiger partial charge in [-0.25, -0.2) is 0 Å². The first-order valence-electron chi connectivity index (χ1n) is 5.18. The molecule has 2 rings (SSSR count). The third-order valence-corrected chi connectivity index (χ3v) is 2.47. The van der Waals surface area contributed by atoms with E-state index in [2.05, 4.69) is 9.97 Å². The van der Waals surface area contributed by atoms with Crippen molar-refractivity contribution in [3.63, 3.8) is 0 Å². The van der Waals surface area contributed by atoms with Crippen molar-refractivity contribution >= 4 is 0 Å². The molecule has 0 aliphatic carbocycles. The fourth-order valence-corrected chi connectivity index (χ4v) is 1.62. The van der Waals surface area contributed by atoms with Crippen LogP contribution in [0.2, 0.25) is 0 Å². The first kappa shape index (κ1) is 12.5. The molecule has 0 bridgehead atoms. The summed E-state index contributed by atoms with van der Waals surface area (Å²) in [4.78, 5) is 7.61. The fraction of sp³-hybridized carbons (Fsp3) is 0.167. The Hall–Kier alpha value is -1.95. The molecule has 0 unspecified atom stereocenters. The molecule has 2 heterocycles. The Morgan fingerprint density at radius 2 is 1.89 bits per heavy atom. The molecule has 0 aliphatic heterocycles. The minimum Gasteiger partial charge on any atom is -0.326 e. The number of hydrogen-bond acceptors (Lipinski definition) is 3. The maximum absolute atomic E-state index is 12.8. The largest absolute Gasteiger partial charge is 0.417 e. The van der Waals surface area contributed by atoms with E-state index in [0.29, 0.717) is 11.1 Å². The molecule has 0 saturated heterocycles. The number of pyridine rings is 2. The van der Waals surface area contributed by atoms with Crippen LogP contribution < -0.4 is 5.73 Å². The lowest BCUT2D eigenvalue weighted by Gasteiger charge is -2.12. The molecule has 0 radical (unpaired) electrons. The molecule has 0 aromatic carbocycles. The van der Waals surface area contributed by atoms with E-state index in [-0.39, 0.29) is 12.1 Å². The van der Waals surface area contributed by atoms with Crippen molar-refractivity contribution in [1.82, 2.24) is 9.97 Å². The molecular weight excluding hydrogens is 243 g/mol. The maximum Gasteiger partial charge on any atom is 0.417 e. The van der Waals surface area contributed by atoms with Gasteiger partial charge in [-0.1, -0.05) is 0 Å². The molecular formula is C12H10F3N3. The first-order chi connectivity index (χ1) is 8.52. The lowest BCUT2D eigenvalue weighted by atomic mass is 10.0. The van der Waals surface area contributed by atoms with Crippen LogP contribution in [0.3, 0.4) is 0 Å². The van der Waals surface area contributed by atoms with Crippen LogP contribution in [0.15, 0.2) is 36.9 Å². The monoisotopic (exact) mass is 253 g/mol. The van der Waals surface area contributed by atoms with Crippen molar-refractivity contribution in [2.45, 2.75) is 12.7 Å². The van der Waals surface area contributed by atoms with Gasteiger partial charge in [0.2, 0.25) is 0 Å². The summed E-state index contributed by atoms with van der Waals surface area (Å²) in [5.74, 6) is 0. The predicted octanol–water partition coefficient (Wildman–Crippen LogP) is 2.62. The zero-order valence-corrected chi connectivity index (χ0v) is 9.28. The molecule has 0 aliphatic rings. The zero-order valence-electron chi connectivity index (χ0n) is 9.28. The average Bonchev–Trinajstić information content (AvgIpc) is 2.38. The van der Waals surface area contributed by atoms with E-state index >= 15 is 0 Å². The molecule has 0 atom stereocenters. The van der Waals surface area contributed by atoms with E-state index in [1.165, 1.54) is 18.6 Å². The van der Waals surface area contributed by atoms with Crippen molar-refractivity contribution < 1.29 is 13.2 Å². The average molecular weight is 253 g/mol. The highest BCUT2D eigenvalue weighted by Gasteiger charge is 2.33. The van der Waals surface area contributed by atoms with E-state index in [0.717, 1.165) is 12.3 Å². The second-order valence-corrected chi connectivity index (χ2v) is 3.71. The lowest BCUT2D eigenvalue weighted by molar-refractivity contribution is -0.137. The Balaban J connectivity index is 2.57. The number of nitrogens with two attached hydrogens (primary N) is 1. The minimum atomic E-state index is -4.42. The van der Waals surface area contributed by atoms with E-state index in [1.54, 1.807) is 6.07 Å². The fourth-order valence-electron chi connectivity index (χ4n) is 1.62. The van der Waals surface area contributed by atoms with Crippen LogP contribution in [0.1, 0.15) is 11.1 Å². The summed E-state index contributed by atoms with van der Waals surface area (Å²) in [7, 11) is 0. The molecule has 94 valence electrons. The second-order valence-electron chi connectivity index (χ2n) is 3.71. The number of rotatable bonds is 2. The van der Waals surface area contributed by atoms with Crippen LogP contribution >= 0.6 is 0 Å². The van der Waals surface area contributed by atoms with Crippen LogP contribution in [0.5, 0.6) is 0 Å². The van der Waals surface area contributed by atoms with Crippen LogP contribution in [0.25, 0.3) is 11.1 Å². The lowest BCUT2D eigenvalue weighted by Crippen LogP contribution is -2.07. The Kier molecular flexibility index (Phi) is 3.29. The minimum absolute atomic E-state index is 0.00722. The third kappa shape index (κ3) is 2.48. The smallest absolute Gasteiger partial charge is 0.326 e. The quantitative estimate of drug-likeness (QED) is 0.895. The second kappa shape index (κ2) is 4.73. The van der Waals surface area contributed by atoms with Gasteiger partial charge in [0.15, 0.2) is 0 Å². The van der Waals surface area contributed by atoms with E-state index in [1.807, 2.05) is 0 Å². The summed E-state index contributed by atoms with van der Waals surface area (Å²) in [5.41, 5.74) is 5.75. The number of hydrogen-bond donors (Lipinski definition) is 1. The van der Waals surface area contributed by atoms with Crippen molar-refractivity contribution in [3.05, 3.63) is 48.0 Å². The van der Waals surface area contributed by atoms with Gasteiger partial charge < -0.3 is 5.73 Å². The molecule has 6 heteroatoms. The van der Waals surface area contributed by atoms with Gasteiger partial charge in [0.1, 0.15) is 0 Å². The van der Waals surface area contributed by atoms with Crippen LogP contribution in [0.4, 0.5) is 13.2 Å². The van der Waals surface area contributed by atoms with Crippen molar-refractivity contribution in [2.75, 3.05) is 0 Å². The molecule has 2 aromatic heterocycles. The molecule has 0 saturated carbocycles. The molecule has 2 N–H and O–H groups in total. The highest BCUT2D eigenvalue weighted by Crippen LogP contribution is 2.36. The Bertz CT molecular complexity index is 552. The zero-order chi connectivity index (χ0) is 13.2. The molecule has 0 spiro atoms. The van der Waals surface area contributed by atoms with E-state index in [9.17, 15) is 13.2 Å². The van der Waals surface area contributed by atoms with Gasteiger partial charge >= 0.3 is 6.18 Å². The first-order valence-corrected chi connectivity index (χ1v) is 5.18. The Morgan fingerprint density at radius 3 is 2.56 bits per heavy atom. The number of nitrogens with zero attached hydrogens (tertiary/aromatic N) is 2. The molecule has 18 heavy (non-hydrogen) atoms. The van der Waals surface area contributed by atoms with Crippen LogP contribution in [-0.2, 0) is 12.7 Å². The van der Waals surface area contributed by atoms with Crippen molar-refractivity contribution in [1.29, 1.82) is 0 Å². The number of alkyl halides is 3. The topological polar surface area (TPSA) is 51.8 Å². The van der Waals surface area contributed by atoms with E-state index < -0.39 is 11.7 Å². The van der Waals surface area contributed by atoms with Gasteiger partial charge in [0, 0.05) is 42.5 Å². The SMILES string of the molecule is NCc1cncc(-c2cnccc2C(F)(F)F)c1. The van der Waals surface area contributed by atoms with Crippen molar-refractivity contribution in [2.24, 2.45) is 5.73 Å². The number of halogens is 3. The summed E-state index contributed by atoms with van der Waals surface area (Å²) in [6.45, 7) is 0.225. The standard InChI is InChI=1S/C12H10F3N3/c13-12(14,15)11-1-2-17-7-10(11)9-3-8(4-16)5-18-6-9/h1-3,5-7H,4,16H2. The van der Waals surface area contributed by atoms with Crippen molar-refractivity contribution in [3.8, 4) is 11.1 Å². The number of aromatic nitrogens is 2. The maximum atomic E-state index is 12.8. The Labute approximate surface area is 101 Å². The third-order valence-electron chi connectivity index (χ3n) is 2.47. The normalized spacial score (nSPS) is 11.6. The molecule has 0 amide bonds. The predicted molar refractivity (Wildman–Crippen MR) is 60.4 cm³/mol. The highest BCUT2D eigenvalue weighted by atomic mass is 19.4. The Morgan fingerprint density at radius 1 is 1.11 bits per heavy atom. The summed E-state index contributed by atoms with van der Waals surface area (Å²) in [5, 5.41) is 0. The highest BCUT2D eigenvalue weighted by molar-refractivity contribution is 5.66.